The molecule has 0 bridgehead atoms. The van der Waals surface area contributed by atoms with E-state index in [0.717, 1.165) is 7.11 Å². The number of hydrogen-bond donors (Lipinski definition) is 1. The lowest BCUT2D eigenvalue weighted by Crippen LogP contribution is -2.47. The van der Waals surface area contributed by atoms with E-state index in [4.69, 9.17) is 5.11 Å². The Balaban J connectivity index is 0.000000303. The molecule has 0 fully saturated rings. The van der Waals surface area contributed by atoms with Gasteiger partial charge in [-0.15, -0.1) is 0 Å². The molecule has 9 aromatic carbocycles. The maximum Gasteiger partial charge on any atom is 0.396 e. The van der Waals surface area contributed by atoms with Gasteiger partial charge in [-0.05, 0) is 137 Å². The molecular weight excluding hydrogens is 1720 g/mol. The van der Waals surface area contributed by atoms with Crippen LogP contribution in [0, 0.1) is 20.8 Å². The number of aliphatic carboxylic acids is 1. The Labute approximate surface area is 697 Å². The van der Waals surface area contributed by atoms with E-state index >= 15 is 0 Å². The van der Waals surface area contributed by atoms with Crippen molar-refractivity contribution in [2.45, 2.75) is 125 Å². The smallest absolute Gasteiger partial charge is 0.396 e. The number of alkyl halides is 12. The van der Waals surface area contributed by atoms with Gasteiger partial charge in [-0.25, -0.2) is 39.6 Å². The summed E-state index contributed by atoms with van der Waals surface area (Å²) >= 11 is 0. The quantitative estimate of drug-likeness (QED) is 0.00979. The van der Waals surface area contributed by atoms with Crippen LogP contribution >= 0.6 is 0 Å². The van der Waals surface area contributed by atoms with E-state index in [-0.39, 0.29) is 50.4 Å². The van der Waals surface area contributed by atoms with Gasteiger partial charge in [-0.2, -0.15) is 52.7 Å². The van der Waals surface area contributed by atoms with Gasteiger partial charge in [0, 0.05) is 19.3 Å². The van der Waals surface area contributed by atoms with Crippen molar-refractivity contribution < 1.29 is 135 Å². The van der Waals surface area contributed by atoms with Crippen LogP contribution in [0.15, 0.2) is 335 Å². The van der Waals surface area contributed by atoms with Crippen molar-refractivity contribution in [1.82, 2.24) is 0 Å². The monoisotopic (exact) mass is 1800 g/mol. The van der Waals surface area contributed by atoms with Gasteiger partial charge in [0.1, 0.15) is 0 Å². The van der Waals surface area contributed by atoms with Gasteiger partial charge in [0.05, 0.1) is 103 Å². The lowest BCUT2D eigenvalue weighted by Gasteiger charge is -2.28. The molecule has 0 atom stereocenters. The summed E-state index contributed by atoms with van der Waals surface area (Å²) in [6, 6.07) is 91.1. The minimum absolute atomic E-state index is 0.0229. The molecule has 9 rings (SSSR count). The predicted octanol–water partition coefficient (Wildman–Crippen LogP) is 18.3. The molecule has 0 saturated heterocycles. The number of esters is 2. The second-order valence-corrected chi connectivity index (χ2v) is 35.3. The number of halogens is 12. The number of hydrogen-bond acceptors (Lipinski definition) is 17. The highest BCUT2D eigenvalue weighted by Gasteiger charge is 2.63. The lowest BCUT2D eigenvalue weighted by atomic mass is 10.2. The number of rotatable bonds is 34. The fourth-order valence-corrected chi connectivity index (χ4v) is 17.0. The Morgan fingerprint density at radius 3 is 0.717 bits per heavy atom. The van der Waals surface area contributed by atoms with Crippen molar-refractivity contribution in [3.05, 3.63) is 308 Å². The molecule has 0 radical (unpaired) electrons. The summed E-state index contributed by atoms with van der Waals surface area (Å²) in [6.07, 6.45) is -5.22. The van der Waals surface area contributed by atoms with Crippen molar-refractivity contribution >= 4 is 80.9 Å². The molecule has 0 aromatic heterocycles. The molecule has 0 spiro atoms. The first kappa shape index (κ1) is 103. The van der Waals surface area contributed by atoms with E-state index in [1.807, 2.05) is 0 Å². The number of benzene rings is 9. The molecule has 0 aliphatic heterocycles. The maximum atomic E-state index is 13.0. The third-order valence-electron chi connectivity index (χ3n) is 15.7. The maximum absolute atomic E-state index is 13.0. The highest BCUT2D eigenvalue weighted by atomic mass is 32.2. The van der Waals surface area contributed by atoms with Crippen LogP contribution in [0.4, 0.5) is 52.7 Å². The zero-order valence-corrected chi connectivity index (χ0v) is 69.7. The van der Waals surface area contributed by atoms with Crippen molar-refractivity contribution in [3.63, 3.8) is 0 Å². The molecule has 36 heteroatoms. The molecule has 9 aromatic rings. The van der Waals surface area contributed by atoms with Crippen LogP contribution in [0.25, 0.3) is 0 Å². The fourth-order valence-electron chi connectivity index (χ4n) is 9.32. The molecule has 0 saturated carbocycles. The van der Waals surface area contributed by atoms with E-state index in [1.165, 1.54) is 67.7 Å². The summed E-state index contributed by atoms with van der Waals surface area (Å²) in [5.41, 5.74) is 2.92. The van der Waals surface area contributed by atoms with Crippen LogP contribution in [0.5, 0.6) is 0 Å². The first-order chi connectivity index (χ1) is 56.1. The summed E-state index contributed by atoms with van der Waals surface area (Å²) in [5, 5.41) is -8.96. The number of methoxy groups -OCH3 is 1. The summed E-state index contributed by atoms with van der Waals surface area (Å²) in [7, 11) is -18.6. The van der Waals surface area contributed by atoms with Crippen molar-refractivity contribution in [1.29, 1.82) is 0 Å². The third-order valence-corrected chi connectivity index (χ3v) is 25.2. The molecular formula is C84H84F12O18S6. The number of carboxylic acid groups (broad SMARTS) is 1. The number of ether oxygens (including phenoxy) is 5. The van der Waals surface area contributed by atoms with E-state index in [0.29, 0.717) is 0 Å². The molecule has 120 heavy (non-hydrogen) atoms. The van der Waals surface area contributed by atoms with Crippen molar-refractivity contribution in [2.75, 3.05) is 53.4 Å². The molecule has 1 N–H and O–H groups in total. The third kappa shape index (κ3) is 31.5. The topological polar surface area (TPSA) is 289 Å². The fraction of sp³-hybridized carbons (Fsp3) is 0.250. The Hall–Kier alpha value is -9.57. The molecule has 0 heterocycles. The zero-order chi connectivity index (χ0) is 89.9. The molecule has 0 unspecified atom stereocenters. The Morgan fingerprint density at radius 1 is 0.342 bits per heavy atom. The second kappa shape index (κ2) is 47.6. The largest absolute Gasteiger partial charge is 0.743 e. The molecule has 0 aliphatic rings. The van der Waals surface area contributed by atoms with Crippen molar-refractivity contribution in [3.8, 4) is 0 Å². The van der Waals surface area contributed by atoms with Gasteiger partial charge in [0.25, 0.3) is 0 Å². The predicted molar refractivity (Wildman–Crippen MR) is 427 cm³/mol. The number of carbonyl (C=O) groups excluding carboxylic acids is 2. The van der Waals surface area contributed by atoms with Crippen LogP contribution in [0.2, 0.25) is 0 Å². The Bertz CT molecular complexity index is 4650. The van der Waals surface area contributed by atoms with Gasteiger partial charge in [-0.3, -0.25) is 0 Å². The lowest BCUT2D eigenvalue weighted by molar-refractivity contribution is -0.171. The normalized spacial score (nSPS) is 11.9. The average Bonchev–Trinajstić information content (AvgIpc) is 0.780. The minimum atomic E-state index is -6.53. The van der Waals surface area contributed by atoms with E-state index in [1.54, 1.807) is 0 Å². The highest BCUT2D eigenvalue weighted by molar-refractivity contribution is 7.97. The minimum Gasteiger partial charge on any atom is -0.743 e. The van der Waals surface area contributed by atoms with Crippen LogP contribution < -0.4 is 0 Å². The summed E-state index contributed by atoms with van der Waals surface area (Å²) in [5.74, 6) is -18.5. The van der Waals surface area contributed by atoms with Crippen LogP contribution in [-0.2, 0) is 101 Å². The van der Waals surface area contributed by atoms with Gasteiger partial charge in [0.15, 0.2) is 74.4 Å². The van der Waals surface area contributed by atoms with Crippen molar-refractivity contribution in [2.24, 2.45) is 0 Å². The van der Waals surface area contributed by atoms with Gasteiger partial charge in [-0.1, -0.05) is 182 Å². The Morgan fingerprint density at radius 2 is 0.533 bits per heavy atom. The van der Waals surface area contributed by atoms with E-state index < -0.39 is 146 Å². The zero-order valence-electron chi connectivity index (χ0n) is 64.8. The number of carboxylic acids is 1. The van der Waals surface area contributed by atoms with E-state index in [2.05, 4.69) is 319 Å². The molecule has 18 nitrogen and oxygen atoms in total. The Kier molecular flexibility index (Phi) is 40.8. The summed E-state index contributed by atoms with van der Waals surface area (Å²) in [6.45, 7) is 12.3. The first-order valence-corrected chi connectivity index (χ1v) is 43.1. The number of carbonyl (C=O) groups is 3. The molecule has 648 valence electrons. The first-order valence-electron chi connectivity index (χ1n) is 35.2. The number of aryl methyl sites for hydroxylation is 3. The summed E-state index contributed by atoms with van der Waals surface area (Å²) in [4.78, 5) is 44.3. The SMILES string of the molecule is C=C(COCCC(F)(F)C(F)(F)S(=O)(=O)[O-])C(=O)O.C=C(COCCC(F)(F)C(F)(F)S(=O)(=O)[O-])C(=O)OC.C=C(COCCC(F)(F)C(F)(F)S(=O)(=O)[O-])C(=O)OCC.Cc1ccc([S+](c2ccccc2)c2ccccc2)cc1.Cc1ccc([S+](c2ccccc2)c2ccccc2)cc1.Cc1ccc([S+](c2ccccc2)c2ccccc2)cc1. The highest BCUT2D eigenvalue weighted by Crippen LogP contribution is 2.44. The van der Waals surface area contributed by atoms with Crippen LogP contribution in [0.1, 0.15) is 42.9 Å². The van der Waals surface area contributed by atoms with Crippen LogP contribution in [0.3, 0.4) is 0 Å². The molecule has 0 amide bonds. The van der Waals surface area contributed by atoms with Gasteiger partial charge < -0.3 is 42.4 Å². The van der Waals surface area contributed by atoms with Crippen LogP contribution in [-0.4, -0.2) is 149 Å². The second-order valence-electron chi connectivity index (χ2n) is 25.0. The van der Waals surface area contributed by atoms with E-state index in [9.17, 15) is 106 Å². The average molecular weight is 1800 g/mol. The standard InChI is InChI=1S/3C19H17S.C10H14F4O6S.C9H12F4O6S.C8H10F4O6S/c3*1-16-12-14-19(15-13-16)20(17-8-4-2-5-9-17)18-10-6-3-7-11-18;1-3-20-8(15)7(2)6-19-5-4-9(11,12)10(13,14)21(16,17)18;1-6(7(14)18-2)5-19-4-3-8(10,11)9(12,13)20(15,16)17;1-5(6(13)14)4-18-3-2-7(9,10)8(11,12)19(15,16)17/h3*2-15H,1H3;2-6H2,1H3,(H,16,17,18);1,3-5H2,2H3,(H,15,16,17);1-4H2,(H,13,14)(H,15,16,17)/q3*+1;;;/p-3. The molecule has 0 aliphatic carbocycles. The summed E-state index contributed by atoms with van der Waals surface area (Å²) < 4.78 is 266. The van der Waals surface area contributed by atoms with Gasteiger partial charge >= 0.3 is 51.4 Å². The van der Waals surface area contributed by atoms with Gasteiger partial charge in [0.2, 0.25) is 0 Å².